The van der Waals surface area contributed by atoms with E-state index in [4.69, 9.17) is 5.11 Å². The maximum Gasteiger partial charge on any atom is 0.303 e. The molecule has 1 rings (SSSR count). The Morgan fingerprint density at radius 3 is 3.07 bits per heavy atom. The van der Waals surface area contributed by atoms with Crippen molar-refractivity contribution < 1.29 is 9.90 Å². The Morgan fingerprint density at radius 2 is 2.47 bits per heavy atom. The maximum absolute atomic E-state index is 10.5. The zero-order valence-corrected chi connectivity index (χ0v) is 9.28. The Balaban J connectivity index is 2.44. The third-order valence-electron chi connectivity index (χ3n) is 2.78. The number of carboxylic acids is 1. The van der Waals surface area contributed by atoms with Crippen molar-refractivity contribution in [1.29, 1.82) is 0 Å². The molecule has 4 nitrogen and oxygen atoms in total. The summed E-state index contributed by atoms with van der Waals surface area (Å²) in [7, 11) is 0. The van der Waals surface area contributed by atoms with Crippen LogP contribution in [0.25, 0.3) is 0 Å². The van der Waals surface area contributed by atoms with Gasteiger partial charge in [0.25, 0.3) is 0 Å². The molecule has 0 aromatic carbocycles. The molecule has 0 saturated carbocycles. The second-order valence-corrected chi connectivity index (χ2v) is 4.14. The fourth-order valence-electron chi connectivity index (χ4n) is 2.00. The summed E-state index contributed by atoms with van der Waals surface area (Å²) in [6, 6.07) is 0.807. The number of rotatable bonds is 5. The van der Waals surface area contributed by atoms with Gasteiger partial charge in [-0.05, 0) is 13.3 Å². The fraction of sp³-hybridized carbons (Fsp3) is 0.727. The van der Waals surface area contributed by atoms with E-state index < -0.39 is 5.97 Å². The first kappa shape index (κ1) is 12.2. The van der Waals surface area contributed by atoms with Gasteiger partial charge in [-0.1, -0.05) is 6.08 Å². The summed E-state index contributed by atoms with van der Waals surface area (Å²) in [4.78, 5) is 12.8. The Labute approximate surface area is 91.0 Å². The van der Waals surface area contributed by atoms with Gasteiger partial charge in [0.1, 0.15) is 0 Å². The van der Waals surface area contributed by atoms with Crippen molar-refractivity contribution >= 4 is 5.97 Å². The van der Waals surface area contributed by atoms with Crippen molar-refractivity contribution in [1.82, 2.24) is 10.2 Å². The van der Waals surface area contributed by atoms with Crippen molar-refractivity contribution in [2.24, 2.45) is 0 Å². The molecule has 0 aliphatic carbocycles. The van der Waals surface area contributed by atoms with Crippen LogP contribution in [0, 0.1) is 0 Å². The molecule has 2 unspecified atom stereocenters. The second-order valence-electron chi connectivity index (χ2n) is 4.14. The monoisotopic (exact) mass is 212 g/mol. The highest BCUT2D eigenvalue weighted by molar-refractivity contribution is 5.66. The van der Waals surface area contributed by atoms with Crippen LogP contribution < -0.4 is 5.32 Å². The van der Waals surface area contributed by atoms with Crippen LogP contribution in [0.2, 0.25) is 0 Å². The van der Waals surface area contributed by atoms with Gasteiger partial charge in [0.2, 0.25) is 0 Å². The van der Waals surface area contributed by atoms with E-state index in [-0.39, 0.29) is 6.42 Å². The lowest BCUT2D eigenvalue weighted by molar-refractivity contribution is -0.137. The molecule has 0 amide bonds. The van der Waals surface area contributed by atoms with Crippen LogP contribution >= 0.6 is 0 Å². The van der Waals surface area contributed by atoms with Gasteiger partial charge in [0, 0.05) is 38.1 Å². The molecule has 86 valence electrons. The van der Waals surface area contributed by atoms with Crippen LogP contribution in [0.15, 0.2) is 12.7 Å². The van der Waals surface area contributed by atoms with E-state index in [0.717, 1.165) is 19.6 Å². The molecule has 1 saturated heterocycles. The normalized spacial score (nSPS) is 27.5. The molecule has 0 radical (unpaired) electrons. The molecule has 1 fully saturated rings. The lowest BCUT2D eigenvalue weighted by Gasteiger charge is -2.38. The summed E-state index contributed by atoms with van der Waals surface area (Å²) < 4.78 is 0. The minimum absolute atomic E-state index is 0.244. The van der Waals surface area contributed by atoms with Gasteiger partial charge in [-0.2, -0.15) is 0 Å². The van der Waals surface area contributed by atoms with Crippen LogP contribution in [0.3, 0.4) is 0 Å². The second kappa shape index (κ2) is 5.88. The highest BCUT2D eigenvalue weighted by atomic mass is 16.4. The highest BCUT2D eigenvalue weighted by Gasteiger charge is 2.24. The van der Waals surface area contributed by atoms with Crippen molar-refractivity contribution in [2.45, 2.75) is 31.8 Å². The number of hydrogen-bond acceptors (Lipinski definition) is 3. The fourth-order valence-corrected chi connectivity index (χ4v) is 2.00. The Kier molecular flexibility index (Phi) is 4.78. The smallest absolute Gasteiger partial charge is 0.303 e. The molecule has 0 aromatic heterocycles. The van der Waals surface area contributed by atoms with Crippen molar-refractivity contribution in [3.63, 3.8) is 0 Å². The predicted molar refractivity (Wildman–Crippen MR) is 59.9 cm³/mol. The quantitative estimate of drug-likeness (QED) is 0.659. The number of carbonyl (C=O) groups is 1. The van der Waals surface area contributed by atoms with Crippen molar-refractivity contribution in [3.8, 4) is 0 Å². The average molecular weight is 212 g/mol. The zero-order valence-electron chi connectivity index (χ0n) is 9.28. The lowest BCUT2D eigenvalue weighted by atomic mass is 10.0. The first-order valence-corrected chi connectivity index (χ1v) is 5.43. The first-order valence-electron chi connectivity index (χ1n) is 5.43. The summed E-state index contributed by atoms with van der Waals surface area (Å²) in [6.07, 6.45) is 2.84. The van der Waals surface area contributed by atoms with Gasteiger partial charge in [-0.25, -0.2) is 0 Å². The van der Waals surface area contributed by atoms with Crippen molar-refractivity contribution in [3.05, 3.63) is 12.7 Å². The molecule has 4 heteroatoms. The van der Waals surface area contributed by atoms with E-state index in [1.165, 1.54) is 0 Å². The maximum atomic E-state index is 10.5. The number of piperazine rings is 1. The van der Waals surface area contributed by atoms with Crippen LogP contribution in [0.4, 0.5) is 0 Å². The molecule has 0 bridgehead atoms. The lowest BCUT2D eigenvalue weighted by Crippen LogP contribution is -2.55. The van der Waals surface area contributed by atoms with Crippen LogP contribution in [0.1, 0.15) is 19.8 Å². The summed E-state index contributed by atoms with van der Waals surface area (Å²) >= 11 is 0. The number of nitrogens with zero attached hydrogens (tertiary/aromatic N) is 1. The summed E-state index contributed by atoms with van der Waals surface area (Å²) in [6.45, 7) is 8.56. The number of aliphatic carboxylic acids is 1. The van der Waals surface area contributed by atoms with Crippen molar-refractivity contribution in [2.75, 3.05) is 19.6 Å². The summed E-state index contributed by atoms with van der Waals surface area (Å²) in [5.74, 6) is -0.716. The molecule has 2 N–H and O–H groups in total. The zero-order chi connectivity index (χ0) is 11.3. The Bertz CT molecular complexity index is 231. The van der Waals surface area contributed by atoms with E-state index in [1.807, 2.05) is 6.08 Å². The number of nitrogens with one attached hydrogen (secondary N) is 1. The molecular weight excluding hydrogens is 192 g/mol. The van der Waals surface area contributed by atoms with Gasteiger partial charge in [-0.15, -0.1) is 6.58 Å². The largest absolute Gasteiger partial charge is 0.481 e. The summed E-state index contributed by atoms with van der Waals surface area (Å²) in [5.41, 5.74) is 0. The van der Waals surface area contributed by atoms with E-state index >= 15 is 0 Å². The van der Waals surface area contributed by atoms with Gasteiger partial charge >= 0.3 is 5.97 Å². The van der Waals surface area contributed by atoms with Gasteiger partial charge in [-0.3, -0.25) is 9.69 Å². The van der Waals surface area contributed by atoms with Gasteiger partial charge < -0.3 is 10.4 Å². The molecule has 1 heterocycles. The van der Waals surface area contributed by atoms with Gasteiger partial charge in [0.15, 0.2) is 0 Å². The molecule has 0 spiro atoms. The molecule has 0 aromatic rings. The summed E-state index contributed by atoms with van der Waals surface area (Å²) in [5, 5.41) is 12.0. The minimum atomic E-state index is -0.716. The van der Waals surface area contributed by atoms with E-state index in [9.17, 15) is 4.79 Å². The van der Waals surface area contributed by atoms with Crippen LogP contribution in [-0.4, -0.2) is 47.7 Å². The van der Waals surface area contributed by atoms with E-state index in [2.05, 4.69) is 23.7 Å². The number of carboxylic acid groups (broad SMARTS) is 1. The minimum Gasteiger partial charge on any atom is -0.481 e. The SMILES string of the molecule is C=CCN1CC(C)NCC1CCC(=O)O. The predicted octanol–water partition coefficient (Wildman–Crippen LogP) is 0.699. The van der Waals surface area contributed by atoms with E-state index in [1.54, 1.807) is 0 Å². The Morgan fingerprint density at radius 1 is 1.73 bits per heavy atom. The molecule has 1 aliphatic rings. The Hall–Kier alpha value is -0.870. The number of hydrogen-bond donors (Lipinski definition) is 2. The van der Waals surface area contributed by atoms with Crippen LogP contribution in [-0.2, 0) is 4.79 Å². The topological polar surface area (TPSA) is 52.6 Å². The highest BCUT2D eigenvalue weighted by Crippen LogP contribution is 2.12. The third-order valence-corrected chi connectivity index (χ3v) is 2.78. The van der Waals surface area contributed by atoms with Gasteiger partial charge in [0.05, 0.1) is 0 Å². The third kappa shape index (κ3) is 4.01. The van der Waals surface area contributed by atoms with Crippen LogP contribution in [0.5, 0.6) is 0 Å². The molecule has 15 heavy (non-hydrogen) atoms. The molecule has 2 atom stereocenters. The first-order chi connectivity index (χ1) is 7.13. The molecule has 1 aliphatic heterocycles. The average Bonchev–Trinajstić information content (AvgIpc) is 2.17. The molecular formula is C11H20N2O2. The standard InChI is InChI=1S/C11H20N2O2/c1-3-6-13-8-9(2)12-7-10(13)4-5-11(14)15/h3,9-10,12H,1,4-8H2,2H3,(H,14,15). The van der Waals surface area contributed by atoms with E-state index in [0.29, 0.717) is 18.5 Å².